The number of nitrogens with zero attached hydrogens (tertiary/aromatic N) is 1. The Morgan fingerprint density at radius 3 is 2.55 bits per heavy atom. The molecule has 0 saturated carbocycles. The number of hydrogen-bond donors (Lipinski definition) is 1. The summed E-state index contributed by atoms with van der Waals surface area (Å²) >= 11 is 4.74. The van der Waals surface area contributed by atoms with Gasteiger partial charge in [0.2, 0.25) is 0 Å². The zero-order valence-electron chi connectivity index (χ0n) is 9.97. The molecule has 0 aliphatic rings. The zero-order valence-corrected chi connectivity index (χ0v) is 12.9. The van der Waals surface area contributed by atoms with Gasteiger partial charge in [0.1, 0.15) is 0 Å². The minimum atomic E-state index is -1.26. The van der Waals surface area contributed by atoms with Gasteiger partial charge < -0.3 is 0 Å². The quantitative estimate of drug-likeness (QED) is 0.406. The Hall–Kier alpha value is -1.37. The average Bonchev–Trinajstić information content (AvgIpc) is 2.42. The van der Waals surface area contributed by atoms with E-state index in [0.29, 0.717) is 25.7 Å². The normalized spacial score (nSPS) is 10.6. The van der Waals surface area contributed by atoms with Gasteiger partial charge >= 0.3 is 131 Å². The van der Waals surface area contributed by atoms with Crippen molar-refractivity contribution in [2.45, 2.75) is 0 Å². The zero-order chi connectivity index (χ0) is 14.5. The van der Waals surface area contributed by atoms with Crippen LogP contribution in [0.2, 0.25) is 5.02 Å². The van der Waals surface area contributed by atoms with Crippen molar-refractivity contribution >= 4 is 11.6 Å². The molecule has 0 unspecified atom stereocenters. The van der Waals surface area contributed by atoms with Crippen LogP contribution in [-0.2, 0) is 0 Å². The predicted octanol–water partition coefficient (Wildman–Crippen LogP) is -0.942. The number of nitriles is 1. The summed E-state index contributed by atoms with van der Waals surface area (Å²) in [5.74, 6) is 0.999. The molecule has 2 rings (SSSR count). The molecule has 0 fully saturated rings. The van der Waals surface area contributed by atoms with Gasteiger partial charge in [-0.2, -0.15) is 0 Å². The van der Waals surface area contributed by atoms with Crippen LogP contribution in [0.3, 0.4) is 0 Å². The molecule has 0 heterocycles. The number of halogens is 2. The van der Waals surface area contributed by atoms with Gasteiger partial charge in [0, 0.05) is 0 Å². The van der Waals surface area contributed by atoms with E-state index in [1.165, 1.54) is 0 Å². The molecular weight excluding hydrogens is 395 g/mol. The van der Waals surface area contributed by atoms with Gasteiger partial charge in [0.15, 0.2) is 0 Å². The van der Waals surface area contributed by atoms with E-state index >= 15 is 0 Å². The van der Waals surface area contributed by atoms with Gasteiger partial charge in [0.25, 0.3) is 0 Å². The summed E-state index contributed by atoms with van der Waals surface area (Å²) in [6, 6.07) is 13.6. The molecule has 0 aliphatic carbocycles. The summed E-state index contributed by atoms with van der Waals surface area (Å²) in [7, 11) is 0. The van der Waals surface area contributed by atoms with Crippen LogP contribution in [0.5, 0.6) is 11.5 Å². The number of hydrogen-bond acceptors (Lipinski definition) is 4. The second kappa shape index (κ2) is 6.88. The minimum absolute atomic E-state index is 0.343. The van der Waals surface area contributed by atoms with E-state index in [1.54, 1.807) is 42.5 Å². The molecule has 0 spiro atoms. The third-order valence-electron chi connectivity index (χ3n) is 2.27. The first-order chi connectivity index (χ1) is 9.58. The maximum atomic E-state index is 10.6. The van der Waals surface area contributed by atoms with Crippen molar-refractivity contribution in [1.82, 2.24) is 0 Å². The standard InChI is InChI=1S/C13H8ClIN2O3/c14-12-7-11(4-5-13(12)15-17(18)19)20-10-3-1-2-9(6-10)8-16/h1-7,17H/q-2. The van der Waals surface area contributed by atoms with Crippen molar-refractivity contribution in [3.8, 4) is 17.6 Å². The molecule has 0 aromatic heterocycles. The number of ether oxygens (including phenoxy) is 1. The van der Waals surface area contributed by atoms with E-state index in [1.807, 2.05) is 6.07 Å². The molecule has 0 amide bonds. The van der Waals surface area contributed by atoms with Gasteiger partial charge in [-0.3, -0.25) is 0 Å². The number of rotatable bonds is 4. The van der Waals surface area contributed by atoms with Crippen molar-refractivity contribution in [2.75, 3.05) is 0 Å². The molecule has 0 radical (unpaired) electrons. The van der Waals surface area contributed by atoms with Crippen molar-refractivity contribution in [3.05, 3.63) is 67.0 Å². The first-order valence-corrected chi connectivity index (χ1v) is 7.95. The molecule has 0 saturated heterocycles. The second-order valence-electron chi connectivity index (χ2n) is 3.65. The first kappa shape index (κ1) is 15.0. The van der Waals surface area contributed by atoms with Crippen LogP contribution in [0.25, 0.3) is 0 Å². The van der Waals surface area contributed by atoms with Gasteiger partial charge in [-0.15, -0.1) is 0 Å². The molecule has 1 N–H and O–H groups in total. The van der Waals surface area contributed by atoms with Crippen molar-refractivity contribution in [3.63, 3.8) is 0 Å². The maximum absolute atomic E-state index is 10.6. The Balaban J connectivity index is 2.18. The van der Waals surface area contributed by atoms with Crippen LogP contribution in [-0.4, -0.2) is 0 Å². The summed E-state index contributed by atoms with van der Waals surface area (Å²) in [5, 5.41) is 30.3. The van der Waals surface area contributed by atoms with Crippen LogP contribution in [0, 0.1) is 25.3 Å². The third kappa shape index (κ3) is 4.06. The molecule has 0 aliphatic heterocycles. The molecule has 20 heavy (non-hydrogen) atoms. The molecule has 0 atom stereocenters. The van der Waals surface area contributed by atoms with Crippen molar-refractivity contribution in [2.24, 2.45) is 0 Å². The summed E-state index contributed by atoms with van der Waals surface area (Å²) in [5.41, 5.74) is 0.494. The third-order valence-corrected chi connectivity index (χ3v) is 4.86. The molecule has 2 aromatic rings. The Morgan fingerprint density at radius 2 is 1.90 bits per heavy atom. The Kier molecular flexibility index (Phi) is 5.17. The summed E-state index contributed by atoms with van der Waals surface area (Å²) in [6.07, 6.45) is 0. The van der Waals surface area contributed by atoms with Crippen molar-refractivity contribution < 1.29 is 29.7 Å². The van der Waals surface area contributed by atoms with E-state index in [2.05, 4.69) is 0 Å². The number of quaternary nitrogens is 1. The monoisotopic (exact) mass is 402 g/mol. The summed E-state index contributed by atoms with van der Waals surface area (Å²) < 4.78 is 5.07. The van der Waals surface area contributed by atoms with Crippen LogP contribution in [0.1, 0.15) is 5.56 Å². The van der Waals surface area contributed by atoms with Crippen LogP contribution >= 0.6 is 11.6 Å². The van der Waals surface area contributed by atoms with Crippen LogP contribution in [0.4, 0.5) is 0 Å². The predicted molar refractivity (Wildman–Crippen MR) is 69.1 cm³/mol. The van der Waals surface area contributed by atoms with E-state index in [9.17, 15) is 10.4 Å². The van der Waals surface area contributed by atoms with Gasteiger partial charge in [-0.25, -0.2) is 0 Å². The fourth-order valence-corrected chi connectivity index (χ4v) is 3.12. The molecule has 0 bridgehead atoms. The van der Waals surface area contributed by atoms with E-state index < -0.39 is 24.9 Å². The fourth-order valence-electron chi connectivity index (χ4n) is 1.47. The second-order valence-corrected chi connectivity index (χ2v) is 6.64. The van der Waals surface area contributed by atoms with Gasteiger partial charge in [-0.1, -0.05) is 0 Å². The SMILES string of the molecule is N#Cc1cccc(Oc2ccc([I-][NH+]([O-])[O-])c(Cl)c2)c1. The van der Waals surface area contributed by atoms with E-state index in [4.69, 9.17) is 21.6 Å². The number of nitrogens with one attached hydrogen (secondary N) is 1. The van der Waals surface area contributed by atoms with Crippen molar-refractivity contribution in [1.29, 1.82) is 5.26 Å². The topological polar surface area (TPSA) is 83.6 Å². The Morgan fingerprint density at radius 1 is 1.15 bits per heavy atom. The number of benzene rings is 2. The van der Waals surface area contributed by atoms with Crippen LogP contribution < -0.4 is 29.7 Å². The molecule has 5 nitrogen and oxygen atoms in total. The van der Waals surface area contributed by atoms with E-state index in [-0.39, 0.29) is 0 Å². The van der Waals surface area contributed by atoms with Gasteiger partial charge in [0.05, 0.1) is 0 Å². The molecular formula is C13H8ClIN2O3-2. The summed E-state index contributed by atoms with van der Waals surface area (Å²) in [6.45, 7) is 0. The van der Waals surface area contributed by atoms with E-state index in [0.717, 1.165) is 0 Å². The average molecular weight is 403 g/mol. The first-order valence-electron chi connectivity index (χ1n) is 5.42. The molecule has 7 heteroatoms. The van der Waals surface area contributed by atoms with Crippen LogP contribution in [0.15, 0.2) is 42.5 Å². The van der Waals surface area contributed by atoms with Gasteiger partial charge in [-0.05, 0) is 0 Å². The Labute approximate surface area is 131 Å². The molecule has 104 valence electrons. The molecule has 2 aromatic carbocycles. The Bertz CT molecular complexity index is 658. The summed E-state index contributed by atoms with van der Waals surface area (Å²) in [4.78, 5) is 0. The fraction of sp³-hybridized carbons (Fsp3) is 0.